The third-order valence-electron chi connectivity index (χ3n) is 2.90. The van der Waals surface area contributed by atoms with Crippen LogP contribution >= 0.6 is 27.5 Å². The maximum Gasteiger partial charge on any atom is 0.307 e. The highest BCUT2D eigenvalue weighted by Gasteiger charge is 2.31. The van der Waals surface area contributed by atoms with E-state index in [1.54, 1.807) is 6.07 Å². The van der Waals surface area contributed by atoms with Crippen LogP contribution in [-0.4, -0.2) is 17.6 Å². The van der Waals surface area contributed by atoms with Crippen LogP contribution in [0.1, 0.15) is 18.0 Å². The molecule has 0 spiro atoms. The quantitative estimate of drug-likeness (QED) is 0.823. The largest absolute Gasteiger partial charge is 0.481 e. The lowest BCUT2D eigenvalue weighted by atomic mass is 10.00. The van der Waals surface area contributed by atoms with Gasteiger partial charge >= 0.3 is 5.97 Å². The van der Waals surface area contributed by atoms with E-state index in [0.29, 0.717) is 22.5 Å². The fourth-order valence-corrected chi connectivity index (χ4v) is 2.61. The number of rotatable bonds is 2. The van der Waals surface area contributed by atoms with Crippen LogP contribution in [0.25, 0.3) is 0 Å². The average Bonchev–Trinajstić information content (AvgIpc) is 2.72. The smallest absolute Gasteiger partial charge is 0.307 e. The summed E-state index contributed by atoms with van der Waals surface area (Å²) in [5.41, 5.74) is 0.726. The van der Waals surface area contributed by atoms with Gasteiger partial charge in [0.15, 0.2) is 0 Å². The molecule has 1 fully saturated rings. The van der Waals surface area contributed by atoms with E-state index < -0.39 is 17.7 Å². The van der Waals surface area contributed by atoms with E-state index in [1.165, 1.54) is 6.07 Å². The molecule has 6 heteroatoms. The standard InChI is InChI=1S/C11H10BrClFNO2/c12-7-2-6(8(13)3-9(7)14)10-1-5(4-15-10)11(16)17/h2-3,5,10,15H,1,4H2,(H,16,17). The maximum atomic E-state index is 13.2. The molecule has 1 heterocycles. The van der Waals surface area contributed by atoms with Crippen LogP contribution in [0.5, 0.6) is 0 Å². The van der Waals surface area contributed by atoms with Crippen LogP contribution < -0.4 is 5.32 Å². The molecule has 1 aliphatic rings. The van der Waals surface area contributed by atoms with E-state index in [9.17, 15) is 9.18 Å². The summed E-state index contributed by atoms with van der Waals surface area (Å²) < 4.78 is 13.5. The number of benzene rings is 1. The van der Waals surface area contributed by atoms with Crippen LogP contribution in [0, 0.1) is 11.7 Å². The molecule has 2 N–H and O–H groups in total. The molecule has 2 rings (SSSR count). The number of hydrogen-bond acceptors (Lipinski definition) is 2. The molecule has 1 aromatic rings. The zero-order chi connectivity index (χ0) is 12.6. The van der Waals surface area contributed by atoms with E-state index in [1.807, 2.05) is 0 Å². The van der Waals surface area contributed by atoms with Gasteiger partial charge in [0, 0.05) is 17.6 Å². The van der Waals surface area contributed by atoms with E-state index in [2.05, 4.69) is 21.2 Å². The van der Waals surface area contributed by atoms with Gasteiger partial charge in [-0.25, -0.2) is 4.39 Å². The number of carboxylic acid groups (broad SMARTS) is 1. The van der Waals surface area contributed by atoms with E-state index in [0.717, 1.165) is 5.56 Å². The molecule has 1 aromatic carbocycles. The van der Waals surface area contributed by atoms with Gasteiger partial charge in [-0.1, -0.05) is 11.6 Å². The van der Waals surface area contributed by atoms with Gasteiger partial charge in [-0.2, -0.15) is 0 Å². The Labute approximate surface area is 111 Å². The molecular formula is C11H10BrClFNO2. The Morgan fingerprint density at radius 2 is 2.29 bits per heavy atom. The van der Waals surface area contributed by atoms with Gasteiger partial charge in [-0.15, -0.1) is 0 Å². The molecule has 2 atom stereocenters. The third-order valence-corrected chi connectivity index (χ3v) is 3.83. The van der Waals surface area contributed by atoms with Crippen LogP contribution in [0.2, 0.25) is 5.02 Å². The van der Waals surface area contributed by atoms with Crippen molar-refractivity contribution in [1.82, 2.24) is 5.32 Å². The molecule has 0 radical (unpaired) electrons. The predicted molar refractivity (Wildman–Crippen MR) is 65.6 cm³/mol. The fraction of sp³-hybridized carbons (Fsp3) is 0.364. The maximum absolute atomic E-state index is 13.2. The first-order chi connectivity index (χ1) is 7.99. The van der Waals surface area contributed by atoms with Gasteiger partial charge in [0.1, 0.15) is 5.82 Å². The Bertz CT molecular complexity index is 469. The molecule has 3 nitrogen and oxygen atoms in total. The Kier molecular flexibility index (Phi) is 3.70. The average molecular weight is 323 g/mol. The summed E-state index contributed by atoms with van der Waals surface area (Å²) in [5, 5.41) is 12.3. The number of carbonyl (C=O) groups is 1. The molecule has 17 heavy (non-hydrogen) atoms. The van der Waals surface area contributed by atoms with Crippen molar-refractivity contribution >= 4 is 33.5 Å². The zero-order valence-electron chi connectivity index (χ0n) is 8.71. The summed E-state index contributed by atoms with van der Waals surface area (Å²) in [6.07, 6.45) is 0.465. The minimum Gasteiger partial charge on any atom is -0.481 e. The second-order valence-electron chi connectivity index (χ2n) is 4.02. The van der Waals surface area contributed by atoms with Crippen LogP contribution in [0.15, 0.2) is 16.6 Å². The minimum absolute atomic E-state index is 0.138. The normalized spacial score (nSPS) is 23.9. The van der Waals surface area contributed by atoms with Gasteiger partial charge in [0.25, 0.3) is 0 Å². The van der Waals surface area contributed by atoms with Crippen molar-refractivity contribution in [2.75, 3.05) is 6.54 Å². The molecule has 92 valence electrons. The summed E-state index contributed by atoms with van der Waals surface area (Å²) >= 11 is 9.05. The van der Waals surface area contributed by atoms with E-state index >= 15 is 0 Å². The summed E-state index contributed by atoms with van der Waals surface area (Å²) in [6, 6.07) is 2.69. The lowest BCUT2D eigenvalue weighted by Gasteiger charge is -2.13. The molecule has 1 aliphatic heterocycles. The third kappa shape index (κ3) is 2.61. The van der Waals surface area contributed by atoms with Crippen LogP contribution in [-0.2, 0) is 4.79 Å². The van der Waals surface area contributed by atoms with Crippen molar-refractivity contribution in [1.29, 1.82) is 0 Å². The molecule has 0 aliphatic carbocycles. The second-order valence-corrected chi connectivity index (χ2v) is 5.28. The predicted octanol–water partition coefficient (Wildman–Crippen LogP) is 2.98. The van der Waals surface area contributed by atoms with Crippen molar-refractivity contribution in [2.45, 2.75) is 12.5 Å². The monoisotopic (exact) mass is 321 g/mol. The highest BCUT2D eigenvalue weighted by Crippen LogP contribution is 2.34. The van der Waals surface area contributed by atoms with Crippen molar-refractivity contribution in [2.24, 2.45) is 5.92 Å². The molecule has 0 aromatic heterocycles. The number of carboxylic acids is 1. The lowest BCUT2D eigenvalue weighted by Crippen LogP contribution is -2.17. The van der Waals surface area contributed by atoms with Crippen LogP contribution in [0.3, 0.4) is 0 Å². The Morgan fingerprint density at radius 3 is 2.88 bits per heavy atom. The van der Waals surface area contributed by atoms with Crippen molar-refractivity contribution in [3.63, 3.8) is 0 Å². The number of halogens is 3. The van der Waals surface area contributed by atoms with Crippen LogP contribution in [0.4, 0.5) is 4.39 Å². The SMILES string of the molecule is O=C(O)C1CNC(c2cc(Br)c(F)cc2Cl)C1. The van der Waals surface area contributed by atoms with Gasteiger partial charge in [-0.05, 0) is 40.0 Å². The second kappa shape index (κ2) is 4.92. The van der Waals surface area contributed by atoms with E-state index in [-0.39, 0.29) is 6.04 Å². The van der Waals surface area contributed by atoms with Gasteiger partial charge < -0.3 is 10.4 Å². The first-order valence-electron chi connectivity index (χ1n) is 5.09. The Hall–Kier alpha value is -0.650. The number of aliphatic carboxylic acids is 1. The molecular weight excluding hydrogens is 312 g/mol. The number of nitrogens with one attached hydrogen (secondary N) is 1. The molecule has 1 saturated heterocycles. The first-order valence-corrected chi connectivity index (χ1v) is 6.26. The van der Waals surface area contributed by atoms with Crippen molar-refractivity contribution in [3.8, 4) is 0 Å². The Balaban J connectivity index is 2.24. The Morgan fingerprint density at radius 1 is 1.59 bits per heavy atom. The van der Waals surface area contributed by atoms with Crippen molar-refractivity contribution < 1.29 is 14.3 Å². The van der Waals surface area contributed by atoms with Gasteiger partial charge in [0.05, 0.1) is 10.4 Å². The molecule has 0 saturated carbocycles. The summed E-state index contributed by atoms with van der Waals surface area (Å²) in [4.78, 5) is 10.8. The topological polar surface area (TPSA) is 49.3 Å². The minimum atomic E-state index is -0.822. The summed E-state index contributed by atoms with van der Waals surface area (Å²) in [5.74, 6) is -1.66. The first kappa shape index (κ1) is 12.8. The summed E-state index contributed by atoms with van der Waals surface area (Å²) in [6.45, 7) is 0.408. The zero-order valence-corrected chi connectivity index (χ0v) is 11.1. The van der Waals surface area contributed by atoms with E-state index in [4.69, 9.17) is 16.7 Å². The fourth-order valence-electron chi connectivity index (χ4n) is 1.97. The van der Waals surface area contributed by atoms with Gasteiger partial charge in [-0.3, -0.25) is 4.79 Å². The van der Waals surface area contributed by atoms with Gasteiger partial charge in [0.2, 0.25) is 0 Å². The lowest BCUT2D eigenvalue weighted by molar-refractivity contribution is -0.141. The summed E-state index contributed by atoms with van der Waals surface area (Å²) in [7, 11) is 0. The molecule has 0 bridgehead atoms. The van der Waals surface area contributed by atoms with Crippen molar-refractivity contribution in [3.05, 3.63) is 33.0 Å². The highest BCUT2D eigenvalue weighted by atomic mass is 79.9. The highest BCUT2D eigenvalue weighted by molar-refractivity contribution is 9.10. The number of hydrogen-bond donors (Lipinski definition) is 2. The molecule has 2 unspecified atom stereocenters. The molecule has 0 amide bonds.